The molecular formula is C77H134O6. The predicted molar refractivity (Wildman–Crippen MR) is 362 cm³/mol. The van der Waals surface area contributed by atoms with Gasteiger partial charge < -0.3 is 14.2 Å². The first-order valence-electron chi connectivity index (χ1n) is 35.7. The summed E-state index contributed by atoms with van der Waals surface area (Å²) >= 11 is 0. The van der Waals surface area contributed by atoms with Crippen molar-refractivity contribution in [2.75, 3.05) is 13.2 Å². The van der Waals surface area contributed by atoms with Gasteiger partial charge in [-0.15, -0.1) is 0 Å². The van der Waals surface area contributed by atoms with Gasteiger partial charge in [-0.3, -0.25) is 14.4 Å². The molecule has 0 rings (SSSR count). The molecule has 0 heterocycles. The van der Waals surface area contributed by atoms with Crippen LogP contribution < -0.4 is 0 Å². The Balaban J connectivity index is 4.07. The van der Waals surface area contributed by atoms with Gasteiger partial charge in [-0.25, -0.2) is 0 Å². The zero-order valence-corrected chi connectivity index (χ0v) is 54.9. The summed E-state index contributed by atoms with van der Waals surface area (Å²) in [7, 11) is 0. The number of carbonyl (C=O) groups is 3. The summed E-state index contributed by atoms with van der Waals surface area (Å²) in [5.74, 6) is -0.868. The summed E-state index contributed by atoms with van der Waals surface area (Å²) in [5, 5.41) is 0. The van der Waals surface area contributed by atoms with Gasteiger partial charge in [0.05, 0.1) is 0 Å². The molecule has 0 bridgehead atoms. The minimum Gasteiger partial charge on any atom is -0.462 e. The van der Waals surface area contributed by atoms with E-state index >= 15 is 0 Å². The molecule has 0 saturated heterocycles. The molecule has 1 unspecified atom stereocenters. The Morgan fingerprint density at radius 2 is 0.470 bits per heavy atom. The van der Waals surface area contributed by atoms with Crippen LogP contribution in [0.15, 0.2) is 97.2 Å². The maximum absolute atomic E-state index is 12.9. The third-order valence-corrected chi connectivity index (χ3v) is 15.6. The van der Waals surface area contributed by atoms with E-state index < -0.39 is 6.10 Å². The number of esters is 3. The van der Waals surface area contributed by atoms with E-state index in [0.29, 0.717) is 19.3 Å². The highest BCUT2D eigenvalue weighted by atomic mass is 16.6. The summed E-state index contributed by atoms with van der Waals surface area (Å²) in [6.45, 7) is 6.51. The van der Waals surface area contributed by atoms with E-state index in [1.165, 1.54) is 212 Å². The lowest BCUT2D eigenvalue weighted by Gasteiger charge is -2.18. The Kier molecular flexibility index (Phi) is 67.7. The highest BCUT2D eigenvalue weighted by molar-refractivity contribution is 5.71. The molecule has 0 spiro atoms. The van der Waals surface area contributed by atoms with Crippen LogP contribution in [0.1, 0.15) is 355 Å². The Labute approximate surface area is 515 Å². The van der Waals surface area contributed by atoms with Gasteiger partial charge in [-0.05, 0) is 103 Å². The molecule has 1 atom stereocenters. The van der Waals surface area contributed by atoms with Gasteiger partial charge in [0, 0.05) is 19.3 Å². The molecule has 0 aliphatic carbocycles. The van der Waals surface area contributed by atoms with E-state index in [1.807, 2.05) is 0 Å². The molecular weight excluding hydrogens is 1020 g/mol. The number of hydrogen-bond acceptors (Lipinski definition) is 6. The molecule has 0 aromatic heterocycles. The number of ether oxygens (including phenoxy) is 3. The van der Waals surface area contributed by atoms with E-state index in [4.69, 9.17) is 14.2 Å². The summed E-state index contributed by atoms with van der Waals surface area (Å²) < 4.78 is 16.9. The number of rotatable bonds is 65. The SMILES string of the molecule is CC/C=C\C/C=C\C/C=C\C/C=C\C/C=C\CCCCCCCCCCCCCCCC(=O)OCC(COC(=O)CCCCCCCCC)OC(=O)CCCCCCCCCCCCCCCC/C=C\C/C=C\C/C=C\CCCCCCC. The second kappa shape index (κ2) is 70.8. The van der Waals surface area contributed by atoms with Crippen molar-refractivity contribution in [1.82, 2.24) is 0 Å². The lowest BCUT2D eigenvalue weighted by molar-refractivity contribution is -0.167. The van der Waals surface area contributed by atoms with Crippen molar-refractivity contribution >= 4 is 17.9 Å². The highest BCUT2D eigenvalue weighted by Crippen LogP contribution is 2.17. The first-order chi connectivity index (χ1) is 41.0. The van der Waals surface area contributed by atoms with Crippen molar-refractivity contribution in [3.05, 3.63) is 97.2 Å². The fourth-order valence-electron chi connectivity index (χ4n) is 10.2. The van der Waals surface area contributed by atoms with E-state index in [0.717, 1.165) is 103 Å². The topological polar surface area (TPSA) is 78.9 Å². The van der Waals surface area contributed by atoms with E-state index in [1.54, 1.807) is 0 Å². The van der Waals surface area contributed by atoms with Crippen LogP contribution in [0.5, 0.6) is 0 Å². The molecule has 0 amide bonds. The molecule has 0 radical (unpaired) electrons. The number of hydrogen-bond donors (Lipinski definition) is 0. The third kappa shape index (κ3) is 69.0. The number of allylic oxidation sites excluding steroid dienone is 16. The molecule has 0 aromatic rings. The fourth-order valence-corrected chi connectivity index (χ4v) is 10.2. The molecule has 0 fully saturated rings. The van der Waals surface area contributed by atoms with Crippen molar-refractivity contribution in [1.29, 1.82) is 0 Å². The maximum Gasteiger partial charge on any atom is 0.306 e. The third-order valence-electron chi connectivity index (χ3n) is 15.6. The standard InChI is InChI=1S/C77H134O6/c1-4-7-10-13-16-18-20-22-24-26-28-30-32-34-36-38-40-42-44-46-48-50-52-54-56-58-61-64-67-70-76(79)82-73-74(72-81-75(78)69-66-63-60-15-12-9-6-3)83-77(80)71-68-65-62-59-57-55-53-51-49-47-45-43-41-39-37-35-33-31-29-27-25-23-21-19-17-14-11-8-5-2/h7,10,16,18,21-24,27-30,33-36,74H,4-6,8-9,11-15,17,19-20,25-26,31-32,37-73H2,1-3H3/b10-7-,18-16-,23-21-,24-22-,29-27-,30-28-,35-33-,36-34-. The van der Waals surface area contributed by atoms with Crippen molar-refractivity contribution in [2.45, 2.75) is 361 Å². The van der Waals surface area contributed by atoms with E-state index in [9.17, 15) is 14.4 Å². The molecule has 0 N–H and O–H groups in total. The molecule has 0 aromatic carbocycles. The fraction of sp³-hybridized carbons (Fsp3) is 0.753. The van der Waals surface area contributed by atoms with Gasteiger partial charge in [0.25, 0.3) is 0 Å². The Morgan fingerprint density at radius 1 is 0.253 bits per heavy atom. The first-order valence-corrected chi connectivity index (χ1v) is 35.7. The van der Waals surface area contributed by atoms with Crippen LogP contribution >= 0.6 is 0 Å². The summed E-state index contributed by atoms with van der Waals surface area (Å²) in [6, 6.07) is 0. The van der Waals surface area contributed by atoms with Crippen LogP contribution in [0.4, 0.5) is 0 Å². The summed E-state index contributed by atoms with van der Waals surface area (Å²) in [5.41, 5.74) is 0. The number of unbranched alkanes of at least 4 members (excludes halogenated alkanes) is 38. The quantitative estimate of drug-likeness (QED) is 0.0261. The Hall–Kier alpha value is -3.67. The van der Waals surface area contributed by atoms with Crippen molar-refractivity contribution in [3.8, 4) is 0 Å². The molecule has 478 valence electrons. The molecule has 0 aliphatic rings. The molecule has 0 saturated carbocycles. The lowest BCUT2D eigenvalue weighted by Crippen LogP contribution is -2.30. The highest BCUT2D eigenvalue weighted by Gasteiger charge is 2.19. The monoisotopic (exact) mass is 1160 g/mol. The van der Waals surface area contributed by atoms with Crippen LogP contribution in [0.25, 0.3) is 0 Å². The molecule has 0 aliphatic heterocycles. The summed E-state index contributed by atoms with van der Waals surface area (Å²) in [4.78, 5) is 38.2. The van der Waals surface area contributed by atoms with Crippen LogP contribution in [0.3, 0.4) is 0 Å². The molecule has 6 heteroatoms. The largest absolute Gasteiger partial charge is 0.462 e. The van der Waals surface area contributed by atoms with Crippen LogP contribution in [0.2, 0.25) is 0 Å². The minimum absolute atomic E-state index is 0.0742. The van der Waals surface area contributed by atoms with Crippen LogP contribution in [0, 0.1) is 0 Å². The first kappa shape index (κ1) is 79.3. The smallest absolute Gasteiger partial charge is 0.306 e. The van der Waals surface area contributed by atoms with Gasteiger partial charge in [0.2, 0.25) is 0 Å². The van der Waals surface area contributed by atoms with Gasteiger partial charge in [-0.2, -0.15) is 0 Å². The van der Waals surface area contributed by atoms with E-state index in [-0.39, 0.29) is 31.1 Å². The van der Waals surface area contributed by atoms with Gasteiger partial charge in [0.15, 0.2) is 6.10 Å². The predicted octanol–water partition coefficient (Wildman–Crippen LogP) is 24.8. The van der Waals surface area contributed by atoms with Crippen molar-refractivity contribution in [3.63, 3.8) is 0 Å². The van der Waals surface area contributed by atoms with Gasteiger partial charge >= 0.3 is 17.9 Å². The second-order valence-electron chi connectivity index (χ2n) is 23.8. The van der Waals surface area contributed by atoms with Gasteiger partial charge in [-0.1, -0.05) is 330 Å². The minimum atomic E-state index is -0.776. The number of carbonyl (C=O) groups excluding carboxylic acids is 3. The normalized spacial score (nSPS) is 12.7. The zero-order valence-electron chi connectivity index (χ0n) is 54.9. The average molecular weight is 1160 g/mol. The van der Waals surface area contributed by atoms with Gasteiger partial charge in [0.1, 0.15) is 13.2 Å². The Morgan fingerprint density at radius 3 is 0.735 bits per heavy atom. The van der Waals surface area contributed by atoms with Crippen LogP contribution in [-0.2, 0) is 28.6 Å². The summed E-state index contributed by atoms with van der Waals surface area (Å²) in [6.07, 6.45) is 96.1. The van der Waals surface area contributed by atoms with E-state index in [2.05, 4.69) is 118 Å². The maximum atomic E-state index is 12.9. The lowest BCUT2D eigenvalue weighted by atomic mass is 10.0. The molecule has 6 nitrogen and oxygen atoms in total. The van der Waals surface area contributed by atoms with Crippen molar-refractivity contribution in [2.24, 2.45) is 0 Å². The molecule has 83 heavy (non-hydrogen) atoms. The zero-order chi connectivity index (χ0) is 59.9. The van der Waals surface area contributed by atoms with Crippen LogP contribution in [-0.4, -0.2) is 37.2 Å². The Bertz CT molecular complexity index is 1610. The van der Waals surface area contributed by atoms with Crippen molar-refractivity contribution < 1.29 is 28.6 Å². The average Bonchev–Trinajstić information content (AvgIpc) is 3.49. The second-order valence-corrected chi connectivity index (χ2v) is 23.8.